The largest absolute Gasteiger partial charge is 0.312 e. The molecule has 0 fully saturated rings. The van der Waals surface area contributed by atoms with Crippen LogP contribution in [0.15, 0.2) is 30.3 Å². The van der Waals surface area contributed by atoms with E-state index in [-0.39, 0.29) is 5.54 Å². The molecule has 2 nitrogen and oxygen atoms in total. The lowest BCUT2D eigenvalue weighted by Crippen LogP contribution is -2.55. The second-order valence-electron chi connectivity index (χ2n) is 6.08. The van der Waals surface area contributed by atoms with Gasteiger partial charge in [-0.2, -0.15) is 0 Å². The van der Waals surface area contributed by atoms with Crippen LogP contribution in [0.4, 0.5) is 0 Å². The first-order valence-corrected chi connectivity index (χ1v) is 7.43. The average Bonchev–Trinajstić information content (AvgIpc) is 2.39. The van der Waals surface area contributed by atoms with Crippen LogP contribution in [0.5, 0.6) is 0 Å². The van der Waals surface area contributed by atoms with Gasteiger partial charge in [0.05, 0.1) is 0 Å². The summed E-state index contributed by atoms with van der Waals surface area (Å²) in [5.74, 6) is 0. The third-order valence-electron chi connectivity index (χ3n) is 4.21. The Labute approximate surface area is 119 Å². The molecule has 0 aromatic heterocycles. The van der Waals surface area contributed by atoms with Crippen molar-refractivity contribution in [1.82, 2.24) is 10.2 Å². The lowest BCUT2D eigenvalue weighted by atomic mass is 9.88. The lowest BCUT2D eigenvalue weighted by Gasteiger charge is -2.41. The third-order valence-corrected chi connectivity index (χ3v) is 4.21. The minimum absolute atomic E-state index is 0.171. The molecule has 0 spiro atoms. The second-order valence-corrected chi connectivity index (χ2v) is 6.08. The standard InChI is InChI=1S/C17H30N2/c1-6-14-18-16(17(2,3)19(4)5)13-12-15-10-8-7-9-11-15/h7-11,16,18H,6,12-14H2,1-5H3. The summed E-state index contributed by atoms with van der Waals surface area (Å²) < 4.78 is 0. The van der Waals surface area contributed by atoms with Crippen LogP contribution in [0.1, 0.15) is 39.2 Å². The van der Waals surface area contributed by atoms with Crippen molar-refractivity contribution in [2.75, 3.05) is 20.6 Å². The molecule has 1 unspecified atom stereocenters. The number of hydrogen-bond donors (Lipinski definition) is 1. The summed E-state index contributed by atoms with van der Waals surface area (Å²) in [5, 5.41) is 3.72. The van der Waals surface area contributed by atoms with Crippen LogP contribution in [0.25, 0.3) is 0 Å². The zero-order chi connectivity index (χ0) is 14.3. The Kier molecular flexibility index (Phi) is 6.53. The Balaban J connectivity index is 2.64. The molecular formula is C17H30N2. The van der Waals surface area contributed by atoms with Gasteiger partial charge >= 0.3 is 0 Å². The summed E-state index contributed by atoms with van der Waals surface area (Å²) in [6.07, 6.45) is 3.50. The Morgan fingerprint density at radius 2 is 1.79 bits per heavy atom. The average molecular weight is 262 g/mol. The van der Waals surface area contributed by atoms with Crippen molar-refractivity contribution in [2.24, 2.45) is 0 Å². The maximum Gasteiger partial charge on any atom is 0.0300 e. The Bertz CT molecular complexity index is 344. The molecule has 2 heteroatoms. The minimum atomic E-state index is 0.171. The van der Waals surface area contributed by atoms with E-state index in [2.05, 4.69) is 75.4 Å². The summed E-state index contributed by atoms with van der Waals surface area (Å²) in [7, 11) is 4.34. The van der Waals surface area contributed by atoms with Gasteiger partial charge in [-0.15, -0.1) is 0 Å². The van der Waals surface area contributed by atoms with Crippen LogP contribution in [0.3, 0.4) is 0 Å². The summed E-state index contributed by atoms with van der Waals surface area (Å²) in [6, 6.07) is 11.3. The maximum atomic E-state index is 3.72. The highest BCUT2D eigenvalue weighted by atomic mass is 15.2. The Hall–Kier alpha value is -0.860. The van der Waals surface area contributed by atoms with Gasteiger partial charge in [-0.3, -0.25) is 0 Å². The number of aryl methyl sites for hydroxylation is 1. The molecule has 1 aromatic rings. The van der Waals surface area contributed by atoms with Crippen molar-refractivity contribution >= 4 is 0 Å². The monoisotopic (exact) mass is 262 g/mol. The van der Waals surface area contributed by atoms with E-state index >= 15 is 0 Å². The highest BCUT2D eigenvalue weighted by Crippen LogP contribution is 2.20. The molecule has 0 aliphatic carbocycles. The summed E-state index contributed by atoms with van der Waals surface area (Å²) in [6.45, 7) is 7.97. The van der Waals surface area contributed by atoms with E-state index in [4.69, 9.17) is 0 Å². The number of benzene rings is 1. The minimum Gasteiger partial charge on any atom is -0.312 e. The SMILES string of the molecule is CCCNC(CCc1ccccc1)C(C)(C)N(C)C. The van der Waals surface area contributed by atoms with Crippen molar-refractivity contribution in [3.05, 3.63) is 35.9 Å². The van der Waals surface area contributed by atoms with Gasteiger partial charge in [0.15, 0.2) is 0 Å². The molecule has 1 aromatic carbocycles. The van der Waals surface area contributed by atoms with Crippen molar-refractivity contribution in [3.8, 4) is 0 Å². The zero-order valence-corrected chi connectivity index (χ0v) is 13.2. The number of nitrogens with one attached hydrogen (secondary N) is 1. The Morgan fingerprint density at radius 1 is 1.16 bits per heavy atom. The fraction of sp³-hybridized carbons (Fsp3) is 0.647. The van der Waals surface area contributed by atoms with Gasteiger partial charge in [0.25, 0.3) is 0 Å². The van der Waals surface area contributed by atoms with E-state index in [9.17, 15) is 0 Å². The number of rotatable bonds is 8. The second kappa shape index (κ2) is 7.66. The van der Waals surface area contributed by atoms with Gasteiger partial charge in [0, 0.05) is 11.6 Å². The van der Waals surface area contributed by atoms with E-state index < -0.39 is 0 Å². The van der Waals surface area contributed by atoms with Gasteiger partial charge < -0.3 is 10.2 Å². The molecular weight excluding hydrogens is 232 g/mol. The highest BCUT2D eigenvalue weighted by Gasteiger charge is 2.30. The molecule has 0 heterocycles. The van der Waals surface area contributed by atoms with Crippen molar-refractivity contribution < 1.29 is 0 Å². The smallest absolute Gasteiger partial charge is 0.0300 e. The van der Waals surface area contributed by atoms with Gasteiger partial charge in [-0.05, 0) is 59.3 Å². The van der Waals surface area contributed by atoms with Gasteiger partial charge in [-0.1, -0.05) is 37.3 Å². The van der Waals surface area contributed by atoms with Crippen LogP contribution in [0, 0.1) is 0 Å². The molecule has 0 radical (unpaired) electrons. The van der Waals surface area contributed by atoms with Gasteiger partial charge in [-0.25, -0.2) is 0 Å². The maximum absolute atomic E-state index is 3.72. The highest BCUT2D eigenvalue weighted by molar-refractivity contribution is 5.15. The van der Waals surface area contributed by atoms with Crippen molar-refractivity contribution in [1.29, 1.82) is 0 Å². The molecule has 0 saturated carbocycles. The fourth-order valence-electron chi connectivity index (χ4n) is 2.29. The first-order valence-electron chi connectivity index (χ1n) is 7.43. The van der Waals surface area contributed by atoms with Crippen molar-refractivity contribution in [3.63, 3.8) is 0 Å². The number of likely N-dealkylation sites (N-methyl/N-ethyl adjacent to an activating group) is 1. The van der Waals surface area contributed by atoms with E-state index in [1.54, 1.807) is 0 Å². The van der Waals surface area contributed by atoms with Crippen molar-refractivity contribution in [2.45, 2.75) is 51.6 Å². The predicted molar refractivity (Wildman–Crippen MR) is 84.6 cm³/mol. The fourth-order valence-corrected chi connectivity index (χ4v) is 2.29. The molecule has 0 bridgehead atoms. The molecule has 0 aliphatic heterocycles. The predicted octanol–water partition coefficient (Wildman–Crippen LogP) is 3.33. The third kappa shape index (κ3) is 4.96. The van der Waals surface area contributed by atoms with Gasteiger partial charge in [0.1, 0.15) is 0 Å². The van der Waals surface area contributed by atoms with E-state index in [0.717, 1.165) is 13.0 Å². The number of hydrogen-bond acceptors (Lipinski definition) is 2. The van der Waals surface area contributed by atoms with Crippen LogP contribution < -0.4 is 5.32 Å². The van der Waals surface area contributed by atoms with Crippen LogP contribution in [-0.2, 0) is 6.42 Å². The van der Waals surface area contributed by atoms with E-state index in [1.165, 1.54) is 18.4 Å². The molecule has 1 atom stereocenters. The molecule has 108 valence electrons. The van der Waals surface area contributed by atoms with E-state index in [1.807, 2.05) is 0 Å². The topological polar surface area (TPSA) is 15.3 Å². The first-order chi connectivity index (χ1) is 8.98. The molecule has 0 saturated heterocycles. The summed E-state index contributed by atoms with van der Waals surface area (Å²) in [5.41, 5.74) is 1.60. The van der Waals surface area contributed by atoms with Gasteiger partial charge in [0.2, 0.25) is 0 Å². The quantitative estimate of drug-likeness (QED) is 0.773. The molecule has 0 aliphatic rings. The normalized spacial score (nSPS) is 13.8. The summed E-state index contributed by atoms with van der Waals surface area (Å²) in [4.78, 5) is 2.32. The Morgan fingerprint density at radius 3 is 2.32 bits per heavy atom. The first kappa shape index (κ1) is 16.2. The zero-order valence-electron chi connectivity index (χ0n) is 13.2. The lowest BCUT2D eigenvalue weighted by molar-refractivity contribution is 0.132. The molecule has 19 heavy (non-hydrogen) atoms. The molecule has 1 rings (SSSR count). The van der Waals surface area contributed by atoms with Crippen LogP contribution in [-0.4, -0.2) is 37.1 Å². The van der Waals surface area contributed by atoms with Crippen LogP contribution in [0.2, 0.25) is 0 Å². The summed E-state index contributed by atoms with van der Waals surface area (Å²) >= 11 is 0. The van der Waals surface area contributed by atoms with Crippen LogP contribution >= 0.6 is 0 Å². The van der Waals surface area contributed by atoms with E-state index in [0.29, 0.717) is 6.04 Å². The molecule has 0 amide bonds. The number of nitrogens with zero attached hydrogens (tertiary/aromatic N) is 1. The molecule has 1 N–H and O–H groups in total.